The van der Waals surface area contributed by atoms with Gasteiger partial charge in [0.25, 0.3) is 0 Å². The molecule has 3 atom stereocenters. The Bertz CT molecular complexity index is 1670. The van der Waals surface area contributed by atoms with E-state index in [1.807, 2.05) is 26.0 Å². The first-order valence-electron chi connectivity index (χ1n) is 15.1. The van der Waals surface area contributed by atoms with E-state index < -0.39 is 42.1 Å². The molecule has 3 aromatic rings. The first-order valence-corrected chi connectivity index (χ1v) is 16.1. The topological polar surface area (TPSA) is 71.3 Å². The number of alkyl halides is 5. The minimum atomic E-state index is -4.78. The summed E-state index contributed by atoms with van der Waals surface area (Å²) in [5.74, 6) is -3.75. The number of carbonyl (C=O) groups is 1. The second-order valence-corrected chi connectivity index (χ2v) is 13.4. The van der Waals surface area contributed by atoms with Crippen molar-refractivity contribution in [1.29, 1.82) is 0 Å². The van der Waals surface area contributed by atoms with Crippen LogP contribution in [0.1, 0.15) is 68.2 Å². The lowest BCUT2D eigenvalue weighted by molar-refractivity contribution is -0.138. The molecule has 13 heteroatoms. The van der Waals surface area contributed by atoms with E-state index in [9.17, 15) is 31.5 Å². The number of benzene rings is 1. The molecule has 0 radical (unpaired) electrons. The van der Waals surface area contributed by atoms with Gasteiger partial charge in [0.15, 0.2) is 0 Å². The first kappa shape index (κ1) is 31.5. The molecule has 0 N–H and O–H groups in total. The quantitative estimate of drug-likeness (QED) is 0.235. The monoisotopic (exact) mass is 647 g/mol. The number of hydrogen-bond donors (Lipinski definition) is 0. The van der Waals surface area contributed by atoms with Crippen LogP contribution in [-0.4, -0.2) is 62.2 Å². The Morgan fingerprint density at radius 2 is 1.78 bits per heavy atom. The minimum absolute atomic E-state index is 0.00870. The molecule has 1 saturated carbocycles. The number of hydrogen-bond acceptors (Lipinski definition) is 6. The van der Waals surface area contributed by atoms with Crippen LogP contribution in [0.2, 0.25) is 0 Å². The average molecular weight is 648 g/mol. The number of thioether (sulfide) groups is 1. The maximum Gasteiger partial charge on any atom is 0.416 e. The Morgan fingerprint density at radius 3 is 2.38 bits per heavy atom. The lowest BCUT2D eigenvalue weighted by Crippen LogP contribution is -2.58. The number of piperazine rings is 1. The van der Waals surface area contributed by atoms with Gasteiger partial charge >= 0.3 is 11.9 Å². The molecule has 6 rings (SSSR count). The van der Waals surface area contributed by atoms with Gasteiger partial charge in [-0.15, -0.1) is 11.8 Å². The van der Waals surface area contributed by atoms with Gasteiger partial charge in [-0.25, -0.2) is 13.6 Å². The first-order chi connectivity index (χ1) is 21.3. The summed E-state index contributed by atoms with van der Waals surface area (Å²) in [7, 11) is 0. The van der Waals surface area contributed by atoms with Gasteiger partial charge in [-0.2, -0.15) is 18.2 Å². The highest BCUT2D eigenvalue weighted by Crippen LogP contribution is 2.52. The second kappa shape index (κ2) is 11.7. The summed E-state index contributed by atoms with van der Waals surface area (Å²) in [5.41, 5.74) is -0.446. The fourth-order valence-electron chi connectivity index (χ4n) is 7.22. The number of aromatic nitrogens is 3. The van der Waals surface area contributed by atoms with Crippen LogP contribution in [0.3, 0.4) is 0 Å². The number of pyridine rings is 1. The Labute approximate surface area is 261 Å². The molecule has 1 aromatic carbocycles. The Hall–Kier alpha value is -3.48. The fraction of sp³-hybridized carbons (Fsp3) is 0.500. The summed E-state index contributed by atoms with van der Waals surface area (Å²) in [6, 6.07) is 5.81. The molecule has 45 heavy (non-hydrogen) atoms. The van der Waals surface area contributed by atoms with Gasteiger partial charge in [0.1, 0.15) is 5.82 Å². The van der Waals surface area contributed by atoms with Gasteiger partial charge < -0.3 is 9.80 Å². The highest BCUT2D eigenvalue weighted by Gasteiger charge is 2.44. The van der Waals surface area contributed by atoms with Crippen molar-refractivity contribution < 1.29 is 26.7 Å². The third-order valence-electron chi connectivity index (χ3n) is 9.25. The van der Waals surface area contributed by atoms with Gasteiger partial charge in [-0.1, -0.05) is 12.6 Å². The van der Waals surface area contributed by atoms with Crippen LogP contribution in [0.5, 0.6) is 0 Å². The van der Waals surface area contributed by atoms with Crippen LogP contribution in [0.15, 0.2) is 52.8 Å². The van der Waals surface area contributed by atoms with E-state index in [0.29, 0.717) is 21.9 Å². The van der Waals surface area contributed by atoms with E-state index >= 15 is 0 Å². The average Bonchev–Trinajstić information content (AvgIpc) is 3.19. The molecule has 1 aliphatic carbocycles. The van der Waals surface area contributed by atoms with Crippen molar-refractivity contribution >= 4 is 34.4 Å². The third-order valence-corrected chi connectivity index (χ3v) is 10.5. The number of anilines is 1. The zero-order valence-corrected chi connectivity index (χ0v) is 25.8. The third kappa shape index (κ3) is 5.83. The van der Waals surface area contributed by atoms with Crippen LogP contribution in [0, 0.1) is 0 Å². The van der Waals surface area contributed by atoms with Crippen molar-refractivity contribution in [3.8, 4) is 0 Å². The number of nitrogens with zero attached hydrogens (tertiary/aromatic N) is 5. The molecule has 4 heterocycles. The van der Waals surface area contributed by atoms with Gasteiger partial charge in [0, 0.05) is 78.4 Å². The molecular formula is C32H34F5N5O2S. The molecule has 1 saturated heterocycles. The van der Waals surface area contributed by atoms with E-state index in [-0.39, 0.29) is 73.2 Å². The Kier molecular flexibility index (Phi) is 8.20. The van der Waals surface area contributed by atoms with Crippen molar-refractivity contribution in [3.63, 3.8) is 0 Å². The lowest BCUT2D eigenvalue weighted by atomic mass is 9.80. The van der Waals surface area contributed by atoms with E-state index in [1.165, 1.54) is 22.4 Å². The predicted molar refractivity (Wildman–Crippen MR) is 163 cm³/mol. The highest BCUT2D eigenvalue weighted by atomic mass is 32.2. The maximum absolute atomic E-state index is 15.0. The smallest absolute Gasteiger partial charge is 0.352 e. The summed E-state index contributed by atoms with van der Waals surface area (Å²) in [4.78, 5) is 39.0. The fourth-order valence-corrected chi connectivity index (χ4v) is 8.66. The van der Waals surface area contributed by atoms with E-state index in [4.69, 9.17) is 0 Å². The summed E-state index contributed by atoms with van der Waals surface area (Å²) in [6.07, 6.45) is -3.08. The molecule has 0 spiro atoms. The summed E-state index contributed by atoms with van der Waals surface area (Å²) in [5, 5.41) is 0.180. The normalized spacial score (nSPS) is 24.0. The molecule has 240 valence electrons. The van der Waals surface area contributed by atoms with Crippen molar-refractivity contribution in [2.75, 3.05) is 23.7 Å². The van der Waals surface area contributed by atoms with Gasteiger partial charge in [-0.05, 0) is 62.4 Å². The molecule has 3 aliphatic rings. The predicted octanol–water partition coefficient (Wildman–Crippen LogP) is 6.60. The van der Waals surface area contributed by atoms with Crippen LogP contribution >= 0.6 is 11.8 Å². The van der Waals surface area contributed by atoms with Crippen LogP contribution in [0.4, 0.5) is 27.8 Å². The molecular weight excluding hydrogens is 613 g/mol. The largest absolute Gasteiger partial charge is 0.416 e. The number of amides is 1. The van der Waals surface area contributed by atoms with Crippen LogP contribution < -0.4 is 10.6 Å². The molecule has 2 fully saturated rings. The van der Waals surface area contributed by atoms with Crippen molar-refractivity contribution in [2.24, 2.45) is 0 Å². The van der Waals surface area contributed by atoms with Crippen molar-refractivity contribution in [1.82, 2.24) is 19.4 Å². The molecule has 2 aromatic heterocycles. The van der Waals surface area contributed by atoms with Gasteiger partial charge in [0.2, 0.25) is 11.8 Å². The van der Waals surface area contributed by atoms with Crippen molar-refractivity contribution in [3.05, 3.63) is 70.4 Å². The van der Waals surface area contributed by atoms with E-state index in [0.717, 1.165) is 6.07 Å². The molecule has 7 nitrogen and oxygen atoms in total. The summed E-state index contributed by atoms with van der Waals surface area (Å²) >= 11 is 1.23. The van der Waals surface area contributed by atoms with Gasteiger partial charge in [-0.3, -0.25) is 14.3 Å². The van der Waals surface area contributed by atoms with Crippen LogP contribution in [-0.2, 0) is 17.5 Å². The zero-order chi connectivity index (χ0) is 32.3. The molecule has 0 bridgehead atoms. The summed E-state index contributed by atoms with van der Waals surface area (Å²) in [6.45, 7) is 7.89. The number of halogens is 5. The zero-order valence-electron chi connectivity index (χ0n) is 25.0. The van der Waals surface area contributed by atoms with Crippen LogP contribution in [0.25, 0.3) is 10.9 Å². The lowest BCUT2D eigenvalue weighted by Gasteiger charge is -2.44. The van der Waals surface area contributed by atoms with E-state index in [2.05, 4.69) is 16.5 Å². The summed E-state index contributed by atoms with van der Waals surface area (Å²) < 4.78 is 74.8. The molecule has 0 unspecified atom stereocenters. The maximum atomic E-state index is 15.0. The minimum Gasteiger partial charge on any atom is -0.352 e. The van der Waals surface area contributed by atoms with E-state index in [1.54, 1.807) is 22.1 Å². The molecule has 2 aliphatic heterocycles. The Balaban J connectivity index is 1.58. The molecule has 1 amide bonds. The SMILES string of the molecule is C=CC(=O)N1[C@H](C)CN(c2nc(=O)n3c4c(c(C5CCC(F)(F)CC5)c(C(F)(F)F)cc24)SC[C@@H](c2ccccn2)C3)C[C@@H]1C. The van der Waals surface area contributed by atoms with Crippen molar-refractivity contribution in [2.45, 2.75) is 87.0 Å². The Morgan fingerprint density at radius 1 is 1.09 bits per heavy atom. The van der Waals surface area contributed by atoms with Gasteiger partial charge in [0.05, 0.1) is 11.1 Å². The standard InChI is InChI=1S/C32H34F5N5O2S/c1-4-25(43)42-18(2)14-40(15-19(42)3)29-22-13-23(32(35,36)37)26(20-8-10-31(33,34)11-9-20)28-27(22)41(30(44)39-29)16-21(17-45-28)24-7-5-6-12-38-24/h4-7,12-13,18-21H,1,8-11,14-17H2,2-3H3/t18-,19+,21-/m0/s1. The highest BCUT2D eigenvalue weighted by molar-refractivity contribution is 7.99. The number of rotatable bonds is 4. The number of carbonyl (C=O) groups excluding carboxylic acids is 1. The second-order valence-electron chi connectivity index (χ2n) is 12.3.